The van der Waals surface area contributed by atoms with E-state index in [1.807, 2.05) is 23.0 Å². The highest BCUT2D eigenvalue weighted by Crippen LogP contribution is 2.24. The Balaban J connectivity index is 0.000000196. The number of amides is 2. The standard InChI is InChI=1S/C14H18N6O2.C9H10N2/c1-8-3-2-4-20(7-8)14(22)13(21)18-10-6-16-12(15)9-5-17-19-11(9)10;1-2-11-9-6-4-3-5-8(9)7-10-11/h5-6,8H,2-4,7H2,1H3,(H2,15,16)(H,17,19)(H,18,21);3-7H,2H2,1H3. The summed E-state index contributed by atoms with van der Waals surface area (Å²) in [4.78, 5) is 30.0. The largest absolute Gasteiger partial charge is 0.383 e. The monoisotopic (exact) mass is 448 g/mol. The zero-order valence-corrected chi connectivity index (χ0v) is 18.8. The number of nitrogens with zero attached hydrogens (tertiary/aromatic N) is 5. The Morgan fingerprint density at radius 2 is 2.06 bits per heavy atom. The number of aromatic amines is 1. The van der Waals surface area contributed by atoms with Crippen LogP contribution in [0.5, 0.6) is 0 Å². The lowest BCUT2D eigenvalue weighted by atomic mass is 10.0. The highest BCUT2D eigenvalue weighted by molar-refractivity contribution is 6.40. The number of rotatable bonds is 2. The summed E-state index contributed by atoms with van der Waals surface area (Å²) < 4.78 is 2.00. The lowest BCUT2D eigenvalue weighted by Crippen LogP contribution is -2.44. The molecular weight excluding hydrogens is 420 g/mol. The molecule has 1 atom stereocenters. The number of carbonyl (C=O) groups is 2. The number of anilines is 2. The van der Waals surface area contributed by atoms with Crippen LogP contribution < -0.4 is 11.1 Å². The molecule has 33 heavy (non-hydrogen) atoms. The van der Waals surface area contributed by atoms with Gasteiger partial charge in [0, 0.05) is 25.0 Å². The van der Waals surface area contributed by atoms with Crippen LogP contribution in [0.25, 0.3) is 21.8 Å². The first kappa shape index (κ1) is 22.3. The van der Waals surface area contributed by atoms with Crippen molar-refractivity contribution in [2.75, 3.05) is 24.1 Å². The second-order valence-electron chi connectivity index (χ2n) is 8.19. The molecule has 1 aliphatic heterocycles. The van der Waals surface area contributed by atoms with E-state index in [-0.39, 0.29) is 0 Å². The molecule has 1 saturated heterocycles. The molecule has 5 rings (SSSR count). The number of fused-ring (bicyclic) bond motifs is 2. The summed E-state index contributed by atoms with van der Waals surface area (Å²) in [6.45, 7) is 6.35. The maximum absolute atomic E-state index is 12.2. The Morgan fingerprint density at radius 3 is 2.85 bits per heavy atom. The molecule has 0 radical (unpaired) electrons. The molecule has 0 spiro atoms. The van der Waals surface area contributed by atoms with Crippen LogP contribution in [0.4, 0.5) is 11.5 Å². The summed E-state index contributed by atoms with van der Waals surface area (Å²) in [5, 5.41) is 15.3. The van der Waals surface area contributed by atoms with Gasteiger partial charge in [-0.05, 0) is 31.7 Å². The van der Waals surface area contributed by atoms with Crippen molar-refractivity contribution in [2.45, 2.75) is 33.2 Å². The molecule has 1 unspecified atom stereocenters. The van der Waals surface area contributed by atoms with Crippen molar-refractivity contribution in [3.63, 3.8) is 0 Å². The number of pyridine rings is 1. The molecule has 4 heterocycles. The molecule has 10 heteroatoms. The summed E-state index contributed by atoms with van der Waals surface area (Å²) in [5.41, 5.74) is 7.90. The van der Waals surface area contributed by atoms with E-state index in [1.165, 1.54) is 23.3 Å². The highest BCUT2D eigenvalue weighted by Gasteiger charge is 2.26. The number of likely N-dealkylation sites (tertiary alicyclic amines) is 1. The van der Waals surface area contributed by atoms with E-state index in [0.29, 0.717) is 41.4 Å². The molecule has 172 valence electrons. The molecule has 1 aliphatic rings. The third-order valence-corrected chi connectivity index (χ3v) is 5.75. The van der Waals surface area contributed by atoms with Crippen LogP contribution in [-0.4, -0.2) is 54.8 Å². The SMILES string of the molecule is CC1CCCN(C(=O)C(=O)Nc2cnc(N)c3cn[nH]c23)C1.CCn1ncc2ccccc21. The maximum Gasteiger partial charge on any atom is 0.314 e. The van der Waals surface area contributed by atoms with Crippen molar-refractivity contribution in [2.24, 2.45) is 5.92 Å². The second-order valence-corrected chi connectivity index (χ2v) is 8.19. The second kappa shape index (κ2) is 9.68. The number of benzene rings is 1. The van der Waals surface area contributed by atoms with Crippen molar-refractivity contribution in [3.8, 4) is 0 Å². The molecule has 1 aromatic carbocycles. The zero-order valence-electron chi connectivity index (χ0n) is 18.8. The van der Waals surface area contributed by atoms with E-state index < -0.39 is 11.8 Å². The number of hydrogen-bond acceptors (Lipinski definition) is 6. The Kier molecular flexibility index (Phi) is 6.53. The van der Waals surface area contributed by atoms with Gasteiger partial charge in [-0.1, -0.05) is 25.1 Å². The minimum Gasteiger partial charge on any atom is -0.383 e. The van der Waals surface area contributed by atoms with Gasteiger partial charge in [0.1, 0.15) is 5.82 Å². The highest BCUT2D eigenvalue weighted by atomic mass is 16.2. The van der Waals surface area contributed by atoms with Gasteiger partial charge < -0.3 is 16.0 Å². The van der Waals surface area contributed by atoms with Gasteiger partial charge in [-0.15, -0.1) is 0 Å². The van der Waals surface area contributed by atoms with Crippen LogP contribution in [0, 0.1) is 5.92 Å². The summed E-state index contributed by atoms with van der Waals surface area (Å²) >= 11 is 0. The van der Waals surface area contributed by atoms with Crippen molar-refractivity contribution >= 4 is 45.1 Å². The Labute approximate surface area is 191 Å². The van der Waals surface area contributed by atoms with Crippen LogP contribution in [0.15, 0.2) is 42.9 Å². The van der Waals surface area contributed by atoms with E-state index in [9.17, 15) is 9.59 Å². The molecule has 0 saturated carbocycles. The van der Waals surface area contributed by atoms with Crippen LogP contribution in [0.3, 0.4) is 0 Å². The van der Waals surface area contributed by atoms with Crippen molar-refractivity contribution in [1.29, 1.82) is 0 Å². The normalized spacial score (nSPS) is 15.8. The number of nitrogens with one attached hydrogen (secondary N) is 2. The van der Waals surface area contributed by atoms with E-state index in [0.717, 1.165) is 19.4 Å². The molecule has 0 bridgehead atoms. The third-order valence-electron chi connectivity index (χ3n) is 5.75. The fourth-order valence-electron chi connectivity index (χ4n) is 4.02. The quantitative estimate of drug-likeness (QED) is 0.404. The van der Waals surface area contributed by atoms with Crippen molar-refractivity contribution in [3.05, 3.63) is 42.9 Å². The van der Waals surface area contributed by atoms with Crippen LogP contribution in [-0.2, 0) is 16.1 Å². The molecular formula is C23H28N8O2. The topological polar surface area (TPSA) is 135 Å². The molecule has 10 nitrogen and oxygen atoms in total. The number of carbonyl (C=O) groups excluding carboxylic acids is 2. The average Bonchev–Trinajstić information content (AvgIpc) is 3.49. The summed E-state index contributed by atoms with van der Waals surface area (Å²) in [6.07, 6.45) is 6.86. The predicted octanol–water partition coefficient (Wildman–Crippen LogP) is 2.79. The van der Waals surface area contributed by atoms with E-state index in [4.69, 9.17) is 5.73 Å². The fraction of sp³-hybridized carbons (Fsp3) is 0.348. The van der Waals surface area contributed by atoms with E-state index in [1.54, 1.807) is 4.90 Å². The summed E-state index contributed by atoms with van der Waals surface area (Å²) in [5.74, 6) is -0.450. The van der Waals surface area contributed by atoms with Crippen molar-refractivity contribution < 1.29 is 9.59 Å². The van der Waals surface area contributed by atoms with Gasteiger partial charge in [0.2, 0.25) is 0 Å². The number of aryl methyl sites for hydroxylation is 1. The number of piperidine rings is 1. The van der Waals surface area contributed by atoms with Gasteiger partial charge in [-0.2, -0.15) is 10.2 Å². The van der Waals surface area contributed by atoms with Gasteiger partial charge in [0.25, 0.3) is 0 Å². The molecule has 4 N–H and O–H groups in total. The van der Waals surface area contributed by atoms with Gasteiger partial charge in [0.05, 0.1) is 40.7 Å². The molecule has 0 aliphatic carbocycles. The van der Waals surface area contributed by atoms with Crippen LogP contribution in [0.1, 0.15) is 26.7 Å². The number of nitrogen functional groups attached to an aromatic ring is 1. The smallest absolute Gasteiger partial charge is 0.314 e. The van der Waals surface area contributed by atoms with Crippen LogP contribution in [0.2, 0.25) is 0 Å². The van der Waals surface area contributed by atoms with Gasteiger partial charge in [-0.3, -0.25) is 19.4 Å². The molecule has 3 aromatic heterocycles. The Bertz CT molecular complexity index is 1280. The number of H-pyrrole nitrogens is 1. The average molecular weight is 449 g/mol. The predicted molar refractivity (Wildman–Crippen MR) is 127 cm³/mol. The maximum atomic E-state index is 12.2. The first-order chi connectivity index (χ1) is 16.0. The van der Waals surface area contributed by atoms with Crippen molar-refractivity contribution in [1.82, 2.24) is 29.9 Å². The Hall–Kier alpha value is -3.95. The fourth-order valence-corrected chi connectivity index (χ4v) is 4.02. The van der Waals surface area contributed by atoms with Gasteiger partial charge in [-0.25, -0.2) is 4.98 Å². The lowest BCUT2D eigenvalue weighted by molar-refractivity contribution is -0.144. The molecule has 4 aromatic rings. The van der Waals surface area contributed by atoms with Gasteiger partial charge >= 0.3 is 11.8 Å². The van der Waals surface area contributed by atoms with E-state index >= 15 is 0 Å². The number of para-hydroxylation sites is 1. The van der Waals surface area contributed by atoms with E-state index in [2.05, 4.69) is 51.6 Å². The zero-order chi connectivity index (χ0) is 23.4. The van der Waals surface area contributed by atoms with Gasteiger partial charge in [0.15, 0.2) is 0 Å². The van der Waals surface area contributed by atoms with Crippen LogP contribution >= 0.6 is 0 Å². The minimum atomic E-state index is -0.670. The minimum absolute atomic E-state index is 0.318. The number of aromatic nitrogens is 5. The summed E-state index contributed by atoms with van der Waals surface area (Å²) in [7, 11) is 0. The molecule has 1 fully saturated rings. The molecule has 2 amide bonds. The third kappa shape index (κ3) is 4.79. The summed E-state index contributed by atoms with van der Waals surface area (Å²) in [6, 6.07) is 8.24. The first-order valence-corrected chi connectivity index (χ1v) is 11.1. The Morgan fingerprint density at radius 1 is 1.24 bits per heavy atom. The number of hydrogen-bond donors (Lipinski definition) is 3. The first-order valence-electron chi connectivity index (χ1n) is 11.1. The lowest BCUT2D eigenvalue weighted by Gasteiger charge is -2.30. The number of nitrogens with two attached hydrogens (primary N) is 1.